The molecule has 0 heterocycles. The Morgan fingerprint density at radius 1 is 0.800 bits per heavy atom. The number of hydrogen-bond acceptors (Lipinski definition) is 2. The molecule has 0 saturated carbocycles. The van der Waals surface area contributed by atoms with Crippen molar-refractivity contribution in [2.75, 3.05) is 0 Å². The Kier molecular flexibility index (Phi) is 3.27. The van der Waals surface area contributed by atoms with Crippen molar-refractivity contribution < 1.29 is 10.2 Å². The molecule has 1 atom stereocenters. The van der Waals surface area contributed by atoms with Gasteiger partial charge in [0.15, 0.2) is 0 Å². The Balaban J connectivity index is 1.88. The minimum atomic E-state index is 0.253. The highest BCUT2D eigenvalue weighted by atomic mass is 16.3. The number of benzene rings is 3. The van der Waals surface area contributed by atoms with Gasteiger partial charge in [-0.05, 0) is 84.0 Å². The molecule has 126 valence electrons. The van der Waals surface area contributed by atoms with Crippen LogP contribution >= 0.6 is 0 Å². The van der Waals surface area contributed by atoms with Crippen LogP contribution in [0.2, 0.25) is 0 Å². The van der Waals surface area contributed by atoms with Crippen molar-refractivity contribution in [1.82, 2.24) is 0 Å². The SMILES string of the molecule is Oc1cc2c3c(c1-c1c(O)ccc4ccccc14)CCCC3CCC2. The minimum absolute atomic E-state index is 0.253. The van der Waals surface area contributed by atoms with E-state index in [4.69, 9.17) is 0 Å². The summed E-state index contributed by atoms with van der Waals surface area (Å²) in [5.41, 5.74) is 5.72. The van der Waals surface area contributed by atoms with Gasteiger partial charge in [0.1, 0.15) is 11.5 Å². The van der Waals surface area contributed by atoms with Crippen molar-refractivity contribution in [2.24, 2.45) is 0 Å². The van der Waals surface area contributed by atoms with E-state index < -0.39 is 0 Å². The number of aromatic hydroxyl groups is 2. The molecular weight excluding hydrogens is 308 g/mol. The van der Waals surface area contributed by atoms with E-state index in [0.29, 0.717) is 11.7 Å². The molecule has 2 heteroatoms. The van der Waals surface area contributed by atoms with Crippen molar-refractivity contribution >= 4 is 10.8 Å². The number of hydrogen-bond donors (Lipinski definition) is 2. The van der Waals surface area contributed by atoms with Crippen LogP contribution < -0.4 is 0 Å². The molecule has 3 aromatic carbocycles. The van der Waals surface area contributed by atoms with Gasteiger partial charge in [-0.3, -0.25) is 0 Å². The van der Waals surface area contributed by atoms with Crippen LogP contribution in [0, 0.1) is 0 Å². The summed E-state index contributed by atoms with van der Waals surface area (Å²) in [7, 11) is 0. The Morgan fingerprint density at radius 2 is 1.60 bits per heavy atom. The van der Waals surface area contributed by atoms with E-state index in [-0.39, 0.29) is 5.75 Å². The van der Waals surface area contributed by atoms with Crippen LogP contribution in [0.25, 0.3) is 21.9 Å². The van der Waals surface area contributed by atoms with E-state index in [1.54, 1.807) is 6.07 Å². The monoisotopic (exact) mass is 330 g/mol. The first-order valence-electron chi connectivity index (χ1n) is 9.32. The van der Waals surface area contributed by atoms with E-state index >= 15 is 0 Å². The standard InChI is InChI=1S/C23H22O2/c24-19-12-11-14-5-1-2-9-17(14)22(19)23-18-10-4-7-15-6-3-8-16(21(15)18)13-20(23)25/h1-2,5,9,11-13,15,24-25H,3-4,6-8,10H2. The number of phenolic OH excluding ortho intramolecular Hbond substituents is 2. The third-order valence-corrected chi connectivity index (χ3v) is 6.08. The zero-order valence-electron chi connectivity index (χ0n) is 14.3. The topological polar surface area (TPSA) is 40.5 Å². The Labute approximate surface area is 147 Å². The molecule has 25 heavy (non-hydrogen) atoms. The van der Waals surface area contributed by atoms with Gasteiger partial charge in [0.05, 0.1) is 0 Å². The van der Waals surface area contributed by atoms with Crippen LogP contribution in [0.3, 0.4) is 0 Å². The molecule has 0 radical (unpaired) electrons. The number of fused-ring (bicyclic) bond motifs is 1. The van der Waals surface area contributed by atoms with E-state index in [0.717, 1.165) is 34.7 Å². The molecule has 0 aliphatic heterocycles. The van der Waals surface area contributed by atoms with E-state index in [1.165, 1.54) is 42.4 Å². The van der Waals surface area contributed by atoms with Crippen LogP contribution in [-0.2, 0) is 12.8 Å². The van der Waals surface area contributed by atoms with Crippen LogP contribution in [0.1, 0.15) is 48.3 Å². The smallest absolute Gasteiger partial charge is 0.124 e. The van der Waals surface area contributed by atoms with Crippen LogP contribution in [0.4, 0.5) is 0 Å². The lowest BCUT2D eigenvalue weighted by molar-refractivity contribution is 0.453. The molecule has 2 aliphatic rings. The molecule has 3 aromatic rings. The summed E-state index contributed by atoms with van der Waals surface area (Å²) in [6.07, 6.45) is 6.95. The van der Waals surface area contributed by atoms with Gasteiger partial charge in [-0.2, -0.15) is 0 Å². The second kappa shape index (κ2) is 5.52. The van der Waals surface area contributed by atoms with Gasteiger partial charge in [0, 0.05) is 11.1 Å². The molecule has 0 spiro atoms. The fourth-order valence-corrected chi connectivity index (χ4v) is 5.07. The highest BCUT2D eigenvalue weighted by molar-refractivity contribution is 6.02. The van der Waals surface area contributed by atoms with Crippen molar-refractivity contribution in [3.05, 3.63) is 59.2 Å². The molecule has 2 aliphatic carbocycles. The second-order valence-electron chi connectivity index (χ2n) is 7.48. The fraction of sp³-hybridized carbons (Fsp3) is 0.304. The van der Waals surface area contributed by atoms with Crippen LogP contribution in [-0.4, -0.2) is 10.2 Å². The molecule has 5 rings (SSSR count). The summed E-state index contributed by atoms with van der Waals surface area (Å²) in [5, 5.41) is 23.7. The lowest BCUT2D eigenvalue weighted by atomic mass is 9.71. The summed E-state index contributed by atoms with van der Waals surface area (Å²) in [6, 6.07) is 13.8. The van der Waals surface area contributed by atoms with Gasteiger partial charge in [-0.25, -0.2) is 0 Å². The molecule has 1 unspecified atom stereocenters. The highest BCUT2D eigenvalue weighted by Crippen LogP contribution is 2.50. The maximum Gasteiger partial charge on any atom is 0.124 e. The Morgan fingerprint density at radius 3 is 2.48 bits per heavy atom. The van der Waals surface area contributed by atoms with Gasteiger partial charge in [-0.1, -0.05) is 30.3 Å². The molecule has 0 amide bonds. The molecule has 2 N–H and O–H groups in total. The Bertz CT molecular complexity index is 985. The fourth-order valence-electron chi connectivity index (χ4n) is 5.07. The quantitative estimate of drug-likeness (QED) is 0.603. The first-order chi connectivity index (χ1) is 12.2. The largest absolute Gasteiger partial charge is 0.507 e. The van der Waals surface area contributed by atoms with E-state index in [2.05, 4.69) is 6.07 Å². The van der Waals surface area contributed by atoms with Crippen molar-refractivity contribution in [3.63, 3.8) is 0 Å². The molecule has 0 saturated heterocycles. The predicted octanol–water partition coefficient (Wildman–Crippen LogP) is 5.67. The summed E-state index contributed by atoms with van der Waals surface area (Å²) < 4.78 is 0. The van der Waals surface area contributed by atoms with Gasteiger partial charge < -0.3 is 10.2 Å². The van der Waals surface area contributed by atoms with Gasteiger partial charge in [0.25, 0.3) is 0 Å². The average molecular weight is 330 g/mol. The summed E-state index contributed by atoms with van der Waals surface area (Å²) >= 11 is 0. The average Bonchev–Trinajstić information content (AvgIpc) is 2.63. The third-order valence-electron chi connectivity index (χ3n) is 6.08. The van der Waals surface area contributed by atoms with Crippen LogP contribution in [0.15, 0.2) is 42.5 Å². The van der Waals surface area contributed by atoms with Gasteiger partial charge >= 0.3 is 0 Å². The lowest BCUT2D eigenvalue weighted by Gasteiger charge is -2.34. The first kappa shape index (κ1) is 14.8. The lowest BCUT2D eigenvalue weighted by Crippen LogP contribution is -2.18. The summed E-state index contributed by atoms with van der Waals surface area (Å²) in [6.45, 7) is 0. The van der Waals surface area contributed by atoms with Crippen molar-refractivity contribution in [1.29, 1.82) is 0 Å². The molecule has 0 aromatic heterocycles. The van der Waals surface area contributed by atoms with Gasteiger partial charge in [-0.15, -0.1) is 0 Å². The van der Waals surface area contributed by atoms with Crippen molar-refractivity contribution in [2.45, 2.75) is 44.4 Å². The van der Waals surface area contributed by atoms with E-state index in [9.17, 15) is 10.2 Å². The van der Waals surface area contributed by atoms with Crippen molar-refractivity contribution in [3.8, 4) is 22.6 Å². The minimum Gasteiger partial charge on any atom is -0.507 e. The van der Waals surface area contributed by atoms with Crippen LogP contribution in [0.5, 0.6) is 11.5 Å². The predicted molar refractivity (Wildman–Crippen MR) is 101 cm³/mol. The van der Waals surface area contributed by atoms with Gasteiger partial charge in [0.2, 0.25) is 0 Å². The second-order valence-corrected chi connectivity index (χ2v) is 7.48. The normalized spacial score (nSPS) is 19.0. The summed E-state index contributed by atoms with van der Waals surface area (Å²) in [4.78, 5) is 0. The third kappa shape index (κ3) is 2.17. The molecule has 0 fully saturated rings. The number of rotatable bonds is 1. The maximum absolute atomic E-state index is 10.9. The molecule has 2 nitrogen and oxygen atoms in total. The van der Waals surface area contributed by atoms with E-state index in [1.807, 2.05) is 30.3 Å². The zero-order valence-corrected chi connectivity index (χ0v) is 14.3. The molecular formula is C23H22O2. The zero-order chi connectivity index (χ0) is 17.0. The highest BCUT2D eigenvalue weighted by Gasteiger charge is 2.31. The Hall–Kier alpha value is -2.48. The summed E-state index contributed by atoms with van der Waals surface area (Å²) in [5.74, 6) is 1.20. The maximum atomic E-state index is 10.9. The first-order valence-corrected chi connectivity index (χ1v) is 9.32. The molecule has 0 bridgehead atoms. The number of aryl methyl sites for hydroxylation is 1. The number of phenols is 2.